The molecule has 3 rings (SSSR count). The van der Waals surface area contributed by atoms with Crippen molar-refractivity contribution in [3.05, 3.63) is 52.6 Å². The van der Waals surface area contributed by atoms with Crippen LogP contribution in [0.5, 0.6) is 0 Å². The number of benzene rings is 2. The van der Waals surface area contributed by atoms with Crippen molar-refractivity contribution in [2.24, 2.45) is 5.92 Å². The molecular formula is C27H39Cl2Si2Zr. The van der Waals surface area contributed by atoms with Gasteiger partial charge in [0.25, 0.3) is 0 Å². The Labute approximate surface area is 213 Å². The van der Waals surface area contributed by atoms with Gasteiger partial charge in [-0.25, -0.2) is 0 Å². The Kier molecular flexibility index (Phi) is 8.32. The zero-order valence-electron chi connectivity index (χ0n) is 21.3. The van der Waals surface area contributed by atoms with Crippen molar-refractivity contribution in [2.75, 3.05) is 0 Å². The van der Waals surface area contributed by atoms with Gasteiger partial charge in [0.2, 0.25) is 0 Å². The van der Waals surface area contributed by atoms with E-state index < -0.39 is 35.5 Å². The van der Waals surface area contributed by atoms with Crippen LogP contribution in [-0.4, -0.2) is 16.1 Å². The number of hydrogen-bond donors (Lipinski definition) is 0. The molecule has 0 fully saturated rings. The molecule has 0 nitrogen and oxygen atoms in total. The van der Waals surface area contributed by atoms with Crippen LogP contribution in [0.15, 0.2) is 35.9 Å². The van der Waals surface area contributed by atoms with Crippen LogP contribution in [0.1, 0.15) is 47.5 Å². The monoisotopic (exact) mass is 579 g/mol. The van der Waals surface area contributed by atoms with E-state index in [9.17, 15) is 0 Å². The molecule has 5 heteroatoms. The summed E-state index contributed by atoms with van der Waals surface area (Å²) in [6, 6.07) is 12.3. The van der Waals surface area contributed by atoms with Gasteiger partial charge in [-0.15, -0.1) is 0 Å². The van der Waals surface area contributed by atoms with Gasteiger partial charge in [-0.1, -0.05) is 0 Å². The molecule has 0 N–H and O–H groups in total. The molecule has 0 aliphatic heterocycles. The van der Waals surface area contributed by atoms with E-state index in [0.717, 1.165) is 12.8 Å². The number of halogens is 2. The predicted octanol–water partition coefficient (Wildman–Crippen LogP) is 8.42. The van der Waals surface area contributed by atoms with Gasteiger partial charge in [-0.05, 0) is 0 Å². The average Bonchev–Trinajstić information content (AvgIpc) is 3.06. The molecule has 0 saturated heterocycles. The van der Waals surface area contributed by atoms with Gasteiger partial charge in [0.15, 0.2) is 0 Å². The van der Waals surface area contributed by atoms with E-state index in [1.165, 1.54) is 33.4 Å². The molecule has 0 amide bonds. The van der Waals surface area contributed by atoms with E-state index in [1.54, 1.807) is 10.4 Å². The van der Waals surface area contributed by atoms with Gasteiger partial charge in [0.05, 0.1) is 0 Å². The number of hydrogen-bond acceptors (Lipinski definition) is 0. The summed E-state index contributed by atoms with van der Waals surface area (Å²) in [6.45, 7) is 21.7. The maximum absolute atomic E-state index is 6.75. The topological polar surface area (TPSA) is 0 Å². The van der Waals surface area contributed by atoms with E-state index in [2.05, 4.69) is 96.5 Å². The first-order chi connectivity index (χ1) is 14.8. The molecular weight excluding hydrogens is 543 g/mol. The number of fused-ring (bicyclic) bond motifs is 1. The fourth-order valence-electron chi connectivity index (χ4n) is 4.72. The SMILES string of the molecule is CCCc1ccc2c(c1-c1cc([Si](C)(C)C)cc([Si](C)(C)C)c1)C=C(C(C)C)[CH]2[Zr]([Cl])[Cl]. The van der Waals surface area contributed by atoms with Crippen molar-refractivity contribution < 1.29 is 19.4 Å². The Balaban J connectivity index is 2.38. The van der Waals surface area contributed by atoms with E-state index in [-0.39, 0.29) is 3.63 Å². The second-order valence-corrected chi connectivity index (χ2v) is 30.6. The van der Waals surface area contributed by atoms with E-state index in [1.807, 2.05) is 0 Å². The summed E-state index contributed by atoms with van der Waals surface area (Å²) in [5.74, 6) is 0.467. The maximum atomic E-state index is 6.75. The van der Waals surface area contributed by atoms with Gasteiger partial charge < -0.3 is 0 Å². The summed E-state index contributed by atoms with van der Waals surface area (Å²) >= 11 is -2.52. The molecule has 1 aliphatic rings. The molecule has 1 atom stereocenters. The fraction of sp³-hybridized carbons (Fsp3) is 0.481. The zero-order chi connectivity index (χ0) is 24.0. The van der Waals surface area contributed by atoms with E-state index in [4.69, 9.17) is 17.0 Å². The van der Waals surface area contributed by atoms with Crippen LogP contribution in [0.25, 0.3) is 17.2 Å². The van der Waals surface area contributed by atoms with Crippen molar-refractivity contribution >= 4 is 49.6 Å². The molecule has 2 aromatic carbocycles. The van der Waals surface area contributed by atoms with Crippen LogP contribution in [0, 0.1) is 5.92 Å². The average molecular weight is 582 g/mol. The molecule has 0 saturated carbocycles. The Bertz CT molecular complexity index is 995. The van der Waals surface area contributed by atoms with Crippen LogP contribution in [-0.2, 0) is 25.8 Å². The third-order valence-electron chi connectivity index (χ3n) is 6.68. The standard InChI is InChI=1S/C27H39Si2.2ClH.Zr/c1-10-11-20-12-13-21-14-22(19(2)3)17-26(21)27(20)23-15-24(28(4,5)6)18-25(16-23)29(7,8)9;;;/h12-19H,10-11H2,1-9H3;2*1H;/q;;;+2/p-2. The molecule has 1 aliphatic carbocycles. The van der Waals surface area contributed by atoms with E-state index in [0.29, 0.717) is 5.92 Å². The van der Waals surface area contributed by atoms with Gasteiger partial charge in [0.1, 0.15) is 0 Å². The molecule has 0 heterocycles. The Morgan fingerprint density at radius 3 is 1.91 bits per heavy atom. The van der Waals surface area contributed by atoms with Crippen LogP contribution < -0.4 is 10.4 Å². The molecule has 0 radical (unpaired) electrons. The molecule has 0 spiro atoms. The molecule has 0 aromatic heterocycles. The van der Waals surface area contributed by atoms with Crippen LogP contribution >= 0.6 is 17.0 Å². The zero-order valence-corrected chi connectivity index (χ0v) is 27.3. The minimum absolute atomic E-state index is 0.279. The van der Waals surface area contributed by atoms with Crippen LogP contribution in [0.2, 0.25) is 39.3 Å². The first kappa shape index (κ1) is 26.7. The van der Waals surface area contributed by atoms with Gasteiger partial charge in [-0.3, -0.25) is 0 Å². The van der Waals surface area contributed by atoms with E-state index >= 15 is 0 Å². The predicted molar refractivity (Wildman–Crippen MR) is 149 cm³/mol. The number of allylic oxidation sites excluding steroid dienone is 1. The third kappa shape index (κ3) is 5.49. The second kappa shape index (κ2) is 9.98. The van der Waals surface area contributed by atoms with Crippen LogP contribution in [0.3, 0.4) is 0 Å². The van der Waals surface area contributed by atoms with Crippen molar-refractivity contribution in [1.29, 1.82) is 0 Å². The van der Waals surface area contributed by atoms with Crippen LogP contribution in [0.4, 0.5) is 0 Å². The van der Waals surface area contributed by atoms with Gasteiger partial charge in [0, 0.05) is 0 Å². The summed E-state index contributed by atoms with van der Waals surface area (Å²) in [5, 5.41) is 3.14. The summed E-state index contributed by atoms with van der Waals surface area (Å²) in [7, 11) is 10.6. The Hall–Kier alpha value is 0.0769. The third-order valence-corrected chi connectivity index (χ3v) is 16.0. The normalized spacial score (nSPS) is 16.4. The van der Waals surface area contributed by atoms with Gasteiger partial charge >= 0.3 is 215 Å². The van der Waals surface area contributed by atoms with Crippen molar-refractivity contribution in [3.8, 4) is 11.1 Å². The number of aryl methyl sites for hydroxylation is 1. The number of rotatable bonds is 7. The summed E-state index contributed by atoms with van der Waals surface area (Å²) in [5.41, 5.74) is 8.56. The summed E-state index contributed by atoms with van der Waals surface area (Å²) in [4.78, 5) is 0. The molecule has 32 heavy (non-hydrogen) atoms. The quantitative estimate of drug-likeness (QED) is 0.288. The second-order valence-electron chi connectivity index (χ2n) is 11.7. The Morgan fingerprint density at radius 2 is 1.47 bits per heavy atom. The van der Waals surface area contributed by atoms with Crippen molar-refractivity contribution in [1.82, 2.24) is 0 Å². The molecule has 2 aromatic rings. The molecule has 0 bridgehead atoms. The summed E-state index contributed by atoms with van der Waals surface area (Å²) in [6.07, 6.45) is 4.71. The molecule has 1 unspecified atom stereocenters. The minimum atomic E-state index is -2.52. The first-order valence-corrected chi connectivity index (χ1v) is 26.7. The molecule has 173 valence electrons. The van der Waals surface area contributed by atoms with Gasteiger partial charge in [-0.2, -0.15) is 0 Å². The van der Waals surface area contributed by atoms with Crippen molar-refractivity contribution in [2.45, 2.75) is 76.5 Å². The van der Waals surface area contributed by atoms with Crippen molar-refractivity contribution in [3.63, 3.8) is 0 Å². The Morgan fingerprint density at radius 1 is 0.906 bits per heavy atom. The first-order valence-electron chi connectivity index (χ1n) is 12.0. The summed E-state index contributed by atoms with van der Waals surface area (Å²) < 4.78 is 0.279. The fourth-order valence-corrected chi connectivity index (χ4v) is 12.9.